The highest BCUT2D eigenvalue weighted by molar-refractivity contribution is 9.10. The lowest BCUT2D eigenvalue weighted by Gasteiger charge is -2.37. The standard InChI is InChI=1S/C17H24BrNO2/c1-3-20-14-6-11(7-14)8-16(19-2)15-10-13(18)9-12-4-5-21-17(12)15/h9-11,14,16,19H,3-8H2,1-2H3. The van der Waals surface area contributed by atoms with E-state index in [1.165, 1.54) is 24.0 Å². The largest absolute Gasteiger partial charge is 0.493 e. The Bertz CT molecular complexity index is 500. The Balaban J connectivity index is 1.70. The molecule has 1 aromatic rings. The minimum absolute atomic E-state index is 0.363. The van der Waals surface area contributed by atoms with E-state index in [9.17, 15) is 0 Å². The molecule has 116 valence electrons. The van der Waals surface area contributed by atoms with Gasteiger partial charge in [0, 0.05) is 29.1 Å². The Hall–Kier alpha value is -0.580. The smallest absolute Gasteiger partial charge is 0.127 e. The summed E-state index contributed by atoms with van der Waals surface area (Å²) in [6.07, 6.45) is 5.06. The molecule has 1 atom stereocenters. The van der Waals surface area contributed by atoms with Gasteiger partial charge in [0.25, 0.3) is 0 Å². The van der Waals surface area contributed by atoms with E-state index in [0.29, 0.717) is 12.1 Å². The number of benzene rings is 1. The highest BCUT2D eigenvalue weighted by Gasteiger charge is 2.33. The van der Waals surface area contributed by atoms with E-state index < -0.39 is 0 Å². The molecule has 1 aromatic carbocycles. The van der Waals surface area contributed by atoms with Crippen molar-refractivity contribution in [1.29, 1.82) is 0 Å². The van der Waals surface area contributed by atoms with Crippen molar-refractivity contribution in [1.82, 2.24) is 5.32 Å². The number of fused-ring (bicyclic) bond motifs is 1. The molecular formula is C17H24BrNO2. The fraction of sp³-hybridized carbons (Fsp3) is 0.647. The molecular weight excluding hydrogens is 330 g/mol. The first-order valence-electron chi connectivity index (χ1n) is 7.95. The molecule has 3 rings (SSSR count). The van der Waals surface area contributed by atoms with E-state index >= 15 is 0 Å². The summed E-state index contributed by atoms with van der Waals surface area (Å²) in [6.45, 7) is 3.72. The van der Waals surface area contributed by atoms with Gasteiger partial charge in [-0.25, -0.2) is 0 Å². The highest BCUT2D eigenvalue weighted by Crippen LogP contribution is 2.42. The molecule has 0 aromatic heterocycles. The molecule has 0 spiro atoms. The van der Waals surface area contributed by atoms with Crippen LogP contribution >= 0.6 is 15.9 Å². The molecule has 1 saturated carbocycles. The van der Waals surface area contributed by atoms with E-state index in [1.807, 2.05) is 7.05 Å². The molecule has 1 aliphatic heterocycles. The van der Waals surface area contributed by atoms with E-state index in [1.54, 1.807) is 0 Å². The monoisotopic (exact) mass is 353 g/mol. The van der Waals surface area contributed by atoms with Crippen LogP contribution in [0.1, 0.15) is 43.4 Å². The lowest BCUT2D eigenvalue weighted by Crippen LogP contribution is -2.34. The van der Waals surface area contributed by atoms with Crippen molar-refractivity contribution in [2.45, 2.75) is 44.8 Å². The van der Waals surface area contributed by atoms with Crippen molar-refractivity contribution in [3.8, 4) is 5.75 Å². The lowest BCUT2D eigenvalue weighted by atomic mass is 9.77. The number of nitrogens with one attached hydrogen (secondary N) is 1. The average Bonchev–Trinajstić information content (AvgIpc) is 2.88. The van der Waals surface area contributed by atoms with Gasteiger partial charge in [-0.1, -0.05) is 15.9 Å². The summed E-state index contributed by atoms with van der Waals surface area (Å²) in [7, 11) is 2.05. The van der Waals surface area contributed by atoms with E-state index in [4.69, 9.17) is 9.47 Å². The second-order valence-corrected chi connectivity index (χ2v) is 6.99. The molecule has 1 fully saturated rings. The van der Waals surface area contributed by atoms with E-state index in [-0.39, 0.29) is 0 Å². The molecule has 2 aliphatic rings. The van der Waals surface area contributed by atoms with Crippen molar-refractivity contribution in [3.63, 3.8) is 0 Å². The van der Waals surface area contributed by atoms with Crippen molar-refractivity contribution < 1.29 is 9.47 Å². The average molecular weight is 354 g/mol. The van der Waals surface area contributed by atoms with Gasteiger partial charge in [-0.2, -0.15) is 0 Å². The maximum Gasteiger partial charge on any atom is 0.127 e. The van der Waals surface area contributed by atoms with Gasteiger partial charge < -0.3 is 14.8 Å². The van der Waals surface area contributed by atoms with Gasteiger partial charge in [0.1, 0.15) is 5.75 Å². The first kappa shape index (κ1) is 15.3. The van der Waals surface area contributed by atoms with Crippen LogP contribution in [0.15, 0.2) is 16.6 Å². The zero-order valence-corrected chi connectivity index (χ0v) is 14.4. The van der Waals surface area contributed by atoms with Gasteiger partial charge in [0.15, 0.2) is 0 Å². The molecule has 0 saturated heterocycles. The van der Waals surface area contributed by atoms with Crippen LogP contribution in [0.2, 0.25) is 0 Å². The highest BCUT2D eigenvalue weighted by atomic mass is 79.9. The van der Waals surface area contributed by atoms with Gasteiger partial charge >= 0.3 is 0 Å². The van der Waals surface area contributed by atoms with Gasteiger partial charge in [0.05, 0.1) is 12.7 Å². The summed E-state index contributed by atoms with van der Waals surface area (Å²) in [6, 6.07) is 4.76. The first-order chi connectivity index (χ1) is 10.2. The summed E-state index contributed by atoms with van der Waals surface area (Å²) >= 11 is 3.64. The Morgan fingerprint density at radius 2 is 2.24 bits per heavy atom. The Kier molecular flexibility index (Phi) is 4.87. The van der Waals surface area contributed by atoms with Gasteiger partial charge in [-0.3, -0.25) is 0 Å². The predicted molar refractivity (Wildman–Crippen MR) is 87.9 cm³/mol. The summed E-state index contributed by atoms with van der Waals surface area (Å²) < 4.78 is 12.7. The van der Waals surface area contributed by atoms with Gasteiger partial charge in [0.2, 0.25) is 0 Å². The quantitative estimate of drug-likeness (QED) is 0.842. The minimum atomic E-state index is 0.363. The Morgan fingerprint density at radius 3 is 2.95 bits per heavy atom. The summed E-state index contributed by atoms with van der Waals surface area (Å²) in [5.41, 5.74) is 2.64. The molecule has 1 N–H and O–H groups in total. The minimum Gasteiger partial charge on any atom is -0.493 e. The molecule has 0 amide bonds. The van der Waals surface area contributed by atoms with Crippen LogP contribution in [0.3, 0.4) is 0 Å². The number of hydrogen-bond acceptors (Lipinski definition) is 3. The fourth-order valence-electron chi connectivity index (χ4n) is 3.53. The maximum absolute atomic E-state index is 5.87. The first-order valence-corrected chi connectivity index (χ1v) is 8.74. The molecule has 1 aliphatic carbocycles. The van der Waals surface area contributed by atoms with Gasteiger partial charge in [-0.15, -0.1) is 0 Å². The number of hydrogen-bond donors (Lipinski definition) is 1. The Morgan fingerprint density at radius 1 is 1.43 bits per heavy atom. The summed E-state index contributed by atoms with van der Waals surface area (Å²) in [4.78, 5) is 0. The van der Waals surface area contributed by atoms with Crippen LogP contribution in [-0.4, -0.2) is 26.4 Å². The predicted octanol–water partition coefficient (Wildman–Crippen LogP) is 3.85. The summed E-state index contributed by atoms with van der Waals surface area (Å²) in [5.74, 6) is 1.87. The van der Waals surface area contributed by atoms with Crippen LogP contribution in [0.25, 0.3) is 0 Å². The van der Waals surface area contributed by atoms with Crippen molar-refractivity contribution in [2.24, 2.45) is 5.92 Å². The third-order valence-corrected chi connectivity index (χ3v) is 5.12. The van der Waals surface area contributed by atoms with Gasteiger partial charge in [-0.05, 0) is 56.8 Å². The molecule has 3 nitrogen and oxygen atoms in total. The topological polar surface area (TPSA) is 30.5 Å². The third-order valence-electron chi connectivity index (χ3n) is 4.66. The molecule has 4 heteroatoms. The Labute approximate surface area is 135 Å². The van der Waals surface area contributed by atoms with Crippen LogP contribution in [-0.2, 0) is 11.2 Å². The number of halogens is 1. The summed E-state index contributed by atoms with van der Waals surface area (Å²) in [5, 5.41) is 3.48. The molecule has 21 heavy (non-hydrogen) atoms. The molecule has 1 unspecified atom stereocenters. The zero-order valence-electron chi connectivity index (χ0n) is 12.8. The second kappa shape index (κ2) is 6.67. The molecule has 1 heterocycles. The van der Waals surface area contributed by atoms with Crippen LogP contribution in [0, 0.1) is 5.92 Å². The number of ether oxygens (including phenoxy) is 2. The van der Waals surface area contributed by atoms with Crippen LogP contribution in [0.5, 0.6) is 5.75 Å². The maximum atomic E-state index is 5.87. The second-order valence-electron chi connectivity index (χ2n) is 6.07. The van der Waals surface area contributed by atoms with E-state index in [0.717, 1.165) is 42.2 Å². The normalized spacial score (nSPS) is 25.1. The lowest BCUT2D eigenvalue weighted by molar-refractivity contribution is -0.0290. The zero-order chi connectivity index (χ0) is 14.8. The SMILES string of the molecule is CCOC1CC(CC(NC)c2cc(Br)cc3c2OCC3)C1. The van der Waals surface area contributed by atoms with Crippen molar-refractivity contribution in [2.75, 3.05) is 20.3 Å². The van der Waals surface area contributed by atoms with Crippen LogP contribution < -0.4 is 10.1 Å². The van der Waals surface area contributed by atoms with E-state index in [2.05, 4.69) is 40.3 Å². The molecule has 0 radical (unpaired) electrons. The molecule has 0 bridgehead atoms. The third kappa shape index (κ3) is 3.27. The van der Waals surface area contributed by atoms with Crippen molar-refractivity contribution in [3.05, 3.63) is 27.7 Å². The van der Waals surface area contributed by atoms with Crippen molar-refractivity contribution >= 4 is 15.9 Å². The fourth-order valence-corrected chi connectivity index (χ4v) is 4.05. The van der Waals surface area contributed by atoms with Crippen LogP contribution in [0.4, 0.5) is 0 Å². The number of rotatable bonds is 6.